The normalized spacial score (nSPS) is 10.4. The van der Waals surface area contributed by atoms with Gasteiger partial charge in [-0.3, -0.25) is 14.6 Å². The van der Waals surface area contributed by atoms with Crippen LogP contribution in [-0.4, -0.2) is 26.8 Å². The van der Waals surface area contributed by atoms with Gasteiger partial charge in [-0.05, 0) is 24.6 Å². The number of thioether (sulfide) groups is 1. The minimum absolute atomic E-state index is 0.0140. The van der Waals surface area contributed by atoms with Crippen molar-refractivity contribution in [2.75, 3.05) is 11.1 Å². The van der Waals surface area contributed by atoms with E-state index in [0.29, 0.717) is 10.7 Å². The van der Waals surface area contributed by atoms with Crippen LogP contribution in [0.2, 0.25) is 5.02 Å². The highest BCUT2D eigenvalue weighted by Gasteiger charge is 2.09. The Morgan fingerprint density at radius 1 is 1.43 bits per heavy atom. The maximum absolute atomic E-state index is 11.8. The number of nitrogens with zero attached hydrogens (tertiary/aromatic N) is 1. The van der Waals surface area contributed by atoms with Gasteiger partial charge in [0, 0.05) is 0 Å². The number of aryl methyl sites for hydroxylation is 1. The summed E-state index contributed by atoms with van der Waals surface area (Å²) in [7, 11) is 0. The first-order valence-corrected chi connectivity index (χ1v) is 7.20. The number of aromatic amines is 2. The Morgan fingerprint density at radius 3 is 2.90 bits per heavy atom. The van der Waals surface area contributed by atoms with Crippen LogP contribution in [-0.2, 0) is 4.79 Å². The molecule has 0 aliphatic rings. The Kier molecular flexibility index (Phi) is 4.81. The summed E-state index contributed by atoms with van der Waals surface area (Å²) in [6, 6.07) is 5.26. The maximum Gasteiger partial charge on any atom is 0.342 e. The molecule has 1 aromatic heterocycles. The molecule has 0 aliphatic heterocycles. The Hall–Kier alpha value is -2.06. The van der Waals surface area contributed by atoms with Gasteiger partial charge in [0.2, 0.25) is 5.91 Å². The van der Waals surface area contributed by atoms with Gasteiger partial charge in [-0.15, -0.1) is 0 Å². The molecule has 110 valence electrons. The molecular formula is C12H11ClN4O3S. The molecular weight excluding hydrogens is 316 g/mol. The predicted molar refractivity (Wildman–Crippen MR) is 81.0 cm³/mol. The van der Waals surface area contributed by atoms with Gasteiger partial charge in [-0.2, -0.15) is 5.10 Å². The van der Waals surface area contributed by atoms with Crippen molar-refractivity contribution in [1.29, 1.82) is 0 Å². The van der Waals surface area contributed by atoms with Gasteiger partial charge in [-0.25, -0.2) is 9.89 Å². The van der Waals surface area contributed by atoms with E-state index in [1.807, 2.05) is 18.0 Å². The molecule has 21 heavy (non-hydrogen) atoms. The van der Waals surface area contributed by atoms with E-state index >= 15 is 0 Å². The minimum atomic E-state index is -0.694. The fraction of sp³-hybridized carbons (Fsp3) is 0.167. The molecule has 9 heteroatoms. The smallest absolute Gasteiger partial charge is 0.324 e. The third-order valence-electron chi connectivity index (χ3n) is 2.42. The summed E-state index contributed by atoms with van der Waals surface area (Å²) in [4.78, 5) is 36.1. The summed E-state index contributed by atoms with van der Waals surface area (Å²) in [5.41, 5.74) is 0.136. The highest BCUT2D eigenvalue weighted by Crippen LogP contribution is 2.23. The first kappa shape index (κ1) is 15.3. The van der Waals surface area contributed by atoms with Crippen LogP contribution >= 0.6 is 23.4 Å². The number of anilines is 1. The second-order valence-electron chi connectivity index (χ2n) is 4.13. The molecule has 0 bridgehead atoms. The maximum atomic E-state index is 11.8. The molecule has 7 nitrogen and oxygen atoms in total. The Labute approximate surface area is 128 Å². The lowest BCUT2D eigenvalue weighted by Gasteiger charge is -2.07. The van der Waals surface area contributed by atoms with Crippen molar-refractivity contribution in [3.63, 3.8) is 0 Å². The molecule has 0 radical (unpaired) electrons. The third kappa shape index (κ3) is 4.20. The van der Waals surface area contributed by atoms with E-state index < -0.39 is 11.2 Å². The molecule has 0 atom stereocenters. The number of carbonyl (C=O) groups excluding carboxylic acids is 1. The minimum Gasteiger partial charge on any atom is -0.324 e. The lowest BCUT2D eigenvalue weighted by atomic mass is 10.2. The average Bonchev–Trinajstić information content (AvgIpc) is 2.42. The van der Waals surface area contributed by atoms with Crippen LogP contribution in [0.5, 0.6) is 0 Å². The molecule has 2 rings (SSSR count). The van der Waals surface area contributed by atoms with E-state index in [2.05, 4.69) is 15.5 Å². The molecule has 0 spiro atoms. The van der Waals surface area contributed by atoms with E-state index in [4.69, 9.17) is 11.6 Å². The van der Waals surface area contributed by atoms with Gasteiger partial charge in [0.25, 0.3) is 5.56 Å². The number of benzene rings is 1. The van der Waals surface area contributed by atoms with Crippen LogP contribution in [0.1, 0.15) is 5.56 Å². The molecule has 1 heterocycles. The van der Waals surface area contributed by atoms with Crippen LogP contribution in [0.15, 0.2) is 32.8 Å². The summed E-state index contributed by atoms with van der Waals surface area (Å²) < 4.78 is 0. The van der Waals surface area contributed by atoms with Crippen LogP contribution < -0.4 is 16.6 Å². The van der Waals surface area contributed by atoms with Crippen molar-refractivity contribution in [3.8, 4) is 0 Å². The predicted octanol–water partition coefficient (Wildman–Crippen LogP) is 1.15. The molecule has 0 fully saturated rings. The molecule has 1 amide bonds. The van der Waals surface area contributed by atoms with Crippen molar-refractivity contribution in [1.82, 2.24) is 15.2 Å². The highest BCUT2D eigenvalue weighted by atomic mass is 35.5. The lowest BCUT2D eigenvalue weighted by Crippen LogP contribution is -2.25. The second kappa shape index (κ2) is 6.59. The van der Waals surface area contributed by atoms with E-state index in [0.717, 1.165) is 17.3 Å². The first-order valence-electron chi connectivity index (χ1n) is 5.83. The van der Waals surface area contributed by atoms with E-state index in [9.17, 15) is 14.4 Å². The number of nitrogens with one attached hydrogen (secondary N) is 3. The van der Waals surface area contributed by atoms with Gasteiger partial charge < -0.3 is 5.32 Å². The molecule has 2 aromatic rings. The topological polar surface area (TPSA) is 108 Å². The van der Waals surface area contributed by atoms with Gasteiger partial charge in [0.1, 0.15) is 0 Å². The highest BCUT2D eigenvalue weighted by molar-refractivity contribution is 7.99. The van der Waals surface area contributed by atoms with E-state index in [1.54, 1.807) is 12.1 Å². The molecule has 0 aliphatic carbocycles. The quantitative estimate of drug-likeness (QED) is 0.730. The van der Waals surface area contributed by atoms with Crippen molar-refractivity contribution in [2.24, 2.45) is 0 Å². The van der Waals surface area contributed by atoms with Gasteiger partial charge in [0.15, 0.2) is 5.03 Å². The summed E-state index contributed by atoms with van der Waals surface area (Å²) in [5, 5.41) is 8.75. The van der Waals surface area contributed by atoms with Crippen molar-refractivity contribution in [2.45, 2.75) is 11.9 Å². The van der Waals surface area contributed by atoms with Crippen LogP contribution in [0, 0.1) is 6.92 Å². The SMILES string of the molecule is Cc1ccc(Cl)c(NC(=O)CSc2n[nH]c(=O)[nH]c2=O)c1. The summed E-state index contributed by atoms with van der Waals surface area (Å²) >= 11 is 6.88. The number of aromatic nitrogens is 3. The number of rotatable bonds is 4. The zero-order valence-corrected chi connectivity index (χ0v) is 12.5. The van der Waals surface area contributed by atoms with Gasteiger partial charge in [0.05, 0.1) is 16.5 Å². The summed E-state index contributed by atoms with van der Waals surface area (Å²) in [5.74, 6) is -0.369. The molecule has 0 unspecified atom stereocenters. The fourth-order valence-corrected chi connectivity index (χ4v) is 2.29. The lowest BCUT2D eigenvalue weighted by molar-refractivity contribution is -0.113. The monoisotopic (exact) mass is 326 g/mol. The second-order valence-corrected chi connectivity index (χ2v) is 5.50. The first-order chi connectivity index (χ1) is 9.95. The number of amides is 1. The van der Waals surface area contributed by atoms with Crippen LogP contribution in [0.3, 0.4) is 0 Å². The zero-order valence-electron chi connectivity index (χ0n) is 10.9. The van der Waals surface area contributed by atoms with Gasteiger partial charge >= 0.3 is 5.69 Å². The number of carbonyl (C=O) groups is 1. The summed E-state index contributed by atoms with van der Waals surface area (Å²) in [6.07, 6.45) is 0. The van der Waals surface area contributed by atoms with Crippen LogP contribution in [0.4, 0.5) is 5.69 Å². The average molecular weight is 327 g/mol. The van der Waals surface area contributed by atoms with Gasteiger partial charge in [-0.1, -0.05) is 29.4 Å². The number of halogens is 1. The third-order valence-corrected chi connectivity index (χ3v) is 3.70. The van der Waals surface area contributed by atoms with E-state index in [1.165, 1.54) is 0 Å². The van der Waals surface area contributed by atoms with Crippen LogP contribution in [0.25, 0.3) is 0 Å². The molecule has 0 saturated heterocycles. The molecule has 0 saturated carbocycles. The standard InChI is InChI=1S/C12H11ClN4O3S/c1-6-2-3-7(13)8(4-6)14-9(18)5-21-11-10(19)15-12(20)17-16-11/h2-4H,5H2,1H3,(H,14,18)(H2,15,17,19,20). The van der Waals surface area contributed by atoms with E-state index in [-0.39, 0.29) is 16.7 Å². The summed E-state index contributed by atoms with van der Waals surface area (Å²) in [6.45, 7) is 1.88. The largest absolute Gasteiger partial charge is 0.342 e. The number of hydrogen-bond acceptors (Lipinski definition) is 5. The Morgan fingerprint density at radius 2 is 2.19 bits per heavy atom. The molecule has 3 N–H and O–H groups in total. The zero-order chi connectivity index (χ0) is 15.4. The van der Waals surface area contributed by atoms with Crippen molar-refractivity contribution < 1.29 is 4.79 Å². The number of hydrogen-bond donors (Lipinski definition) is 3. The Bertz CT molecular complexity index is 787. The van der Waals surface area contributed by atoms with Crippen molar-refractivity contribution >= 4 is 35.0 Å². The van der Waals surface area contributed by atoms with Crippen molar-refractivity contribution in [3.05, 3.63) is 49.6 Å². The Balaban J connectivity index is 2.00. The molecule has 1 aromatic carbocycles. The fourth-order valence-electron chi connectivity index (χ4n) is 1.49. The number of H-pyrrole nitrogens is 2.